The number of fused-ring (bicyclic) bond motifs is 1. The van der Waals surface area contributed by atoms with Crippen molar-refractivity contribution >= 4 is 23.2 Å². The minimum absolute atomic E-state index is 0.00409. The summed E-state index contributed by atoms with van der Waals surface area (Å²) in [6.45, 7) is 7.74. The number of hydrogen-bond donors (Lipinski definition) is 0. The van der Waals surface area contributed by atoms with Gasteiger partial charge in [-0.2, -0.15) is 0 Å². The Labute approximate surface area is 184 Å². The molecule has 2 atom stereocenters. The number of hydrogen-bond acceptors (Lipinski definition) is 2. The van der Waals surface area contributed by atoms with Crippen LogP contribution in [-0.2, 0) is 4.79 Å². The summed E-state index contributed by atoms with van der Waals surface area (Å²) in [7, 11) is 0. The second-order valence-corrected chi connectivity index (χ2v) is 8.36. The molecule has 1 heterocycles. The lowest BCUT2D eigenvalue weighted by molar-refractivity contribution is -0.117. The first-order valence-electron chi connectivity index (χ1n) is 10.7. The lowest BCUT2D eigenvalue weighted by Crippen LogP contribution is -2.47. The SMILES string of the molecule is CC(=O)N(c1ccccc1)C1CC(C)N(C(=O)c2ccc(C)c(C)c2)c2ccccc21. The van der Waals surface area contributed by atoms with E-state index in [1.54, 1.807) is 6.92 Å². The first-order chi connectivity index (χ1) is 14.9. The zero-order valence-electron chi connectivity index (χ0n) is 18.5. The summed E-state index contributed by atoms with van der Waals surface area (Å²) < 4.78 is 0. The summed E-state index contributed by atoms with van der Waals surface area (Å²) in [6.07, 6.45) is 0.669. The van der Waals surface area contributed by atoms with E-state index >= 15 is 0 Å². The van der Waals surface area contributed by atoms with Crippen LogP contribution < -0.4 is 9.80 Å². The van der Waals surface area contributed by atoms with Crippen molar-refractivity contribution in [3.63, 3.8) is 0 Å². The van der Waals surface area contributed by atoms with E-state index in [9.17, 15) is 9.59 Å². The van der Waals surface area contributed by atoms with Crippen molar-refractivity contribution in [3.8, 4) is 0 Å². The van der Waals surface area contributed by atoms with Gasteiger partial charge in [0, 0.05) is 29.9 Å². The molecule has 3 aromatic rings. The summed E-state index contributed by atoms with van der Waals surface area (Å²) in [5, 5.41) is 0. The molecule has 0 bridgehead atoms. The van der Waals surface area contributed by atoms with Crippen LogP contribution in [0.25, 0.3) is 0 Å². The molecule has 4 heteroatoms. The molecular formula is C27H28N2O2. The van der Waals surface area contributed by atoms with Gasteiger partial charge in [-0.15, -0.1) is 0 Å². The third kappa shape index (κ3) is 3.86. The molecule has 31 heavy (non-hydrogen) atoms. The fraction of sp³-hybridized carbons (Fsp3) is 0.259. The molecule has 0 radical (unpaired) electrons. The quantitative estimate of drug-likeness (QED) is 0.542. The van der Waals surface area contributed by atoms with Gasteiger partial charge in [0.05, 0.1) is 6.04 Å². The largest absolute Gasteiger partial charge is 0.305 e. The average Bonchev–Trinajstić information content (AvgIpc) is 2.76. The van der Waals surface area contributed by atoms with Crippen molar-refractivity contribution in [3.05, 3.63) is 95.1 Å². The van der Waals surface area contributed by atoms with Crippen LogP contribution in [0.4, 0.5) is 11.4 Å². The molecule has 4 rings (SSSR count). The van der Waals surface area contributed by atoms with Gasteiger partial charge < -0.3 is 9.80 Å². The molecule has 2 amide bonds. The van der Waals surface area contributed by atoms with E-state index in [0.29, 0.717) is 12.0 Å². The van der Waals surface area contributed by atoms with E-state index in [0.717, 1.165) is 22.5 Å². The van der Waals surface area contributed by atoms with Crippen molar-refractivity contribution in [2.45, 2.75) is 46.2 Å². The van der Waals surface area contributed by atoms with Crippen LogP contribution in [0.1, 0.15) is 53.4 Å². The van der Waals surface area contributed by atoms with Crippen molar-refractivity contribution < 1.29 is 9.59 Å². The Morgan fingerprint density at radius 1 is 0.903 bits per heavy atom. The highest BCUT2D eigenvalue weighted by Crippen LogP contribution is 2.42. The second kappa shape index (κ2) is 8.38. The normalized spacial score (nSPS) is 17.7. The summed E-state index contributed by atoms with van der Waals surface area (Å²) in [5.41, 5.74) is 5.70. The van der Waals surface area contributed by atoms with Crippen LogP contribution in [0, 0.1) is 13.8 Å². The molecule has 0 spiro atoms. The monoisotopic (exact) mass is 412 g/mol. The maximum Gasteiger partial charge on any atom is 0.258 e. The average molecular weight is 413 g/mol. The molecule has 3 aromatic carbocycles. The smallest absolute Gasteiger partial charge is 0.258 e. The second-order valence-electron chi connectivity index (χ2n) is 8.36. The lowest BCUT2D eigenvalue weighted by Gasteiger charge is -2.43. The molecule has 4 nitrogen and oxygen atoms in total. The minimum Gasteiger partial charge on any atom is -0.305 e. The number of benzene rings is 3. The molecule has 2 unspecified atom stereocenters. The molecular weight excluding hydrogens is 384 g/mol. The lowest BCUT2D eigenvalue weighted by atomic mass is 9.89. The molecule has 0 N–H and O–H groups in total. The molecule has 158 valence electrons. The molecule has 1 aliphatic rings. The predicted molar refractivity (Wildman–Crippen MR) is 126 cm³/mol. The van der Waals surface area contributed by atoms with Crippen LogP contribution in [0.2, 0.25) is 0 Å². The Morgan fingerprint density at radius 3 is 2.26 bits per heavy atom. The van der Waals surface area contributed by atoms with Crippen LogP contribution in [-0.4, -0.2) is 17.9 Å². The van der Waals surface area contributed by atoms with E-state index in [2.05, 4.69) is 6.92 Å². The Balaban J connectivity index is 1.78. The highest BCUT2D eigenvalue weighted by Gasteiger charge is 2.38. The van der Waals surface area contributed by atoms with E-state index in [1.807, 2.05) is 96.4 Å². The van der Waals surface area contributed by atoms with Crippen LogP contribution >= 0.6 is 0 Å². The minimum atomic E-state index is -0.130. The Kier molecular flexibility index (Phi) is 5.64. The first-order valence-corrected chi connectivity index (χ1v) is 10.7. The zero-order chi connectivity index (χ0) is 22.1. The van der Waals surface area contributed by atoms with E-state index < -0.39 is 0 Å². The van der Waals surface area contributed by atoms with Crippen molar-refractivity contribution in [1.82, 2.24) is 0 Å². The van der Waals surface area contributed by atoms with Crippen molar-refractivity contribution in [2.24, 2.45) is 0 Å². The van der Waals surface area contributed by atoms with Gasteiger partial charge in [0.1, 0.15) is 0 Å². The molecule has 1 aliphatic heterocycles. The molecule has 0 saturated heterocycles. The Bertz CT molecular complexity index is 1120. The fourth-order valence-electron chi connectivity index (χ4n) is 4.52. The van der Waals surface area contributed by atoms with Gasteiger partial charge in [0.15, 0.2) is 0 Å². The van der Waals surface area contributed by atoms with Gasteiger partial charge in [-0.1, -0.05) is 42.5 Å². The number of rotatable bonds is 3. The van der Waals surface area contributed by atoms with E-state index in [1.165, 1.54) is 5.56 Å². The topological polar surface area (TPSA) is 40.6 Å². The van der Waals surface area contributed by atoms with Gasteiger partial charge in [-0.3, -0.25) is 9.59 Å². The highest BCUT2D eigenvalue weighted by atomic mass is 16.2. The fourth-order valence-corrected chi connectivity index (χ4v) is 4.52. The molecule has 0 aromatic heterocycles. The third-order valence-electron chi connectivity index (χ3n) is 6.22. The summed E-state index contributed by atoms with van der Waals surface area (Å²) in [5.74, 6) is -0.0114. The number of amides is 2. The predicted octanol–water partition coefficient (Wildman–Crippen LogP) is 5.84. The summed E-state index contributed by atoms with van der Waals surface area (Å²) in [6, 6.07) is 23.4. The highest BCUT2D eigenvalue weighted by molar-refractivity contribution is 6.07. The standard InChI is InChI=1S/C27H28N2O2/c1-18-14-15-22(16-19(18)2)27(31)28-20(3)17-26(24-12-8-9-13-25(24)28)29(21(4)30)23-10-6-5-7-11-23/h5-16,20,26H,17H2,1-4H3. The maximum atomic E-state index is 13.6. The van der Waals surface area contributed by atoms with Crippen LogP contribution in [0.15, 0.2) is 72.8 Å². The van der Waals surface area contributed by atoms with E-state index in [4.69, 9.17) is 0 Å². The number of nitrogens with zero attached hydrogens (tertiary/aromatic N) is 2. The zero-order valence-corrected chi connectivity index (χ0v) is 18.5. The van der Waals surface area contributed by atoms with Crippen molar-refractivity contribution in [1.29, 1.82) is 0 Å². The summed E-state index contributed by atoms with van der Waals surface area (Å²) in [4.78, 5) is 30.0. The number of para-hydroxylation sites is 2. The number of carbonyl (C=O) groups is 2. The molecule has 0 aliphatic carbocycles. The Hall–Kier alpha value is -3.40. The van der Waals surface area contributed by atoms with Gasteiger partial charge in [-0.05, 0) is 74.2 Å². The maximum absolute atomic E-state index is 13.6. The Morgan fingerprint density at radius 2 is 1.58 bits per heavy atom. The number of carbonyl (C=O) groups excluding carboxylic acids is 2. The van der Waals surface area contributed by atoms with Crippen molar-refractivity contribution in [2.75, 3.05) is 9.80 Å². The number of anilines is 2. The number of aryl methyl sites for hydroxylation is 2. The third-order valence-corrected chi connectivity index (χ3v) is 6.22. The van der Waals surface area contributed by atoms with Gasteiger partial charge in [0.2, 0.25) is 5.91 Å². The van der Waals surface area contributed by atoms with Crippen LogP contribution in [0.5, 0.6) is 0 Å². The summed E-state index contributed by atoms with van der Waals surface area (Å²) >= 11 is 0. The molecule has 0 fully saturated rings. The molecule has 0 saturated carbocycles. The van der Waals surface area contributed by atoms with Gasteiger partial charge in [-0.25, -0.2) is 0 Å². The first kappa shape index (κ1) is 20.9. The van der Waals surface area contributed by atoms with Crippen LogP contribution in [0.3, 0.4) is 0 Å². The van der Waals surface area contributed by atoms with Gasteiger partial charge in [0.25, 0.3) is 5.91 Å². The van der Waals surface area contributed by atoms with E-state index in [-0.39, 0.29) is 23.9 Å². The van der Waals surface area contributed by atoms with Gasteiger partial charge >= 0.3 is 0 Å².